The normalized spacial score (nSPS) is 13.8. The lowest BCUT2D eigenvalue weighted by Gasteiger charge is -2.08. The predicted octanol–water partition coefficient (Wildman–Crippen LogP) is 2.32. The van der Waals surface area contributed by atoms with Crippen molar-refractivity contribution in [1.82, 2.24) is 10.2 Å². The minimum Gasteiger partial charge on any atom is -0.326 e. The number of hydrogen-bond donors (Lipinski definition) is 3. The molecule has 21 heavy (non-hydrogen) atoms. The monoisotopic (exact) mass is 284 g/mol. The quantitative estimate of drug-likeness (QED) is 0.805. The first-order valence-corrected chi connectivity index (χ1v) is 6.86. The standard InChI is InChI=1S/C15H16N4O2/c1-9-13(8-16-19-9)15(21)18-12-4-2-3-11(7-12)17-14(20)10-5-6-10/h2-4,7-8,10H,5-6H2,1H3,(H,16,19)(H,17,20)(H,18,21). The highest BCUT2D eigenvalue weighted by atomic mass is 16.2. The predicted molar refractivity (Wildman–Crippen MR) is 79.1 cm³/mol. The van der Waals surface area contributed by atoms with Crippen LogP contribution in [0.15, 0.2) is 30.5 Å². The molecule has 3 N–H and O–H groups in total. The number of amides is 2. The molecule has 3 rings (SSSR count). The number of benzene rings is 1. The van der Waals surface area contributed by atoms with Crippen molar-refractivity contribution in [2.75, 3.05) is 10.6 Å². The Labute approximate surface area is 121 Å². The van der Waals surface area contributed by atoms with Gasteiger partial charge in [-0.1, -0.05) is 6.07 Å². The van der Waals surface area contributed by atoms with Gasteiger partial charge in [0, 0.05) is 23.0 Å². The Morgan fingerprint density at radius 3 is 2.57 bits per heavy atom. The van der Waals surface area contributed by atoms with E-state index in [1.54, 1.807) is 31.2 Å². The van der Waals surface area contributed by atoms with Gasteiger partial charge in [-0.15, -0.1) is 0 Å². The molecule has 0 bridgehead atoms. The van der Waals surface area contributed by atoms with Crippen LogP contribution in [-0.2, 0) is 4.79 Å². The van der Waals surface area contributed by atoms with Crippen LogP contribution >= 0.6 is 0 Å². The zero-order chi connectivity index (χ0) is 14.8. The van der Waals surface area contributed by atoms with Gasteiger partial charge in [0.05, 0.1) is 11.8 Å². The second-order valence-electron chi connectivity index (χ2n) is 5.21. The first kappa shape index (κ1) is 13.4. The van der Waals surface area contributed by atoms with E-state index in [1.807, 2.05) is 0 Å². The van der Waals surface area contributed by atoms with Crippen molar-refractivity contribution >= 4 is 23.2 Å². The zero-order valence-corrected chi connectivity index (χ0v) is 11.6. The number of carbonyl (C=O) groups is 2. The zero-order valence-electron chi connectivity index (χ0n) is 11.6. The van der Waals surface area contributed by atoms with Gasteiger partial charge in [-0.05, 0) is 38.0 Å². The summed E-state index contributed by atoms with van der Waals surface area (Å²) in [4.78, 5) is 23.8. The molecule has 0 unspecified atom stereocenters. The lowest BCUT2D eigenvalue weighted by Crippen LogP contribution is -2.15. The Bertz CT molecular complexity index is 688. The van der Waals surface area contributed by atoms with Crippen molar-refractivity contribution in [2.45, 2.75) is 19.8 Å². The molecule has 1 fully saturated rings. The molecule has 0 aliphatic heterocycles. The molecule has 0 radical (unpaired) electrons. The van der Waals surface area contributed by atoms with Crippen LogP contribution in [0.2, 0.25) is 0 Å². The van der Waals surface area contributed by atoms with Crippen LogP contribution < -0.4 is 10.6 Å². The van der Waals surface area contributed by atoms with Crippen molar-refractivity contribution in [1.29, 1.82) is 0 Å². The molecule has 108 valence electrons. The molecular formula is C15H16N4O2. The maximum Gasteiger partial charge on any atom is 0.259 e. The number of nitrogens with zero attached hydrogens (tertiary/aromatic N) is 1. The van der Waals surface area contributed by atoms with E-state index >= 15 is 0 Å². The second kappa shape index (κ2) is 5.40. The van der Waals surface area contributed by atoms with Crippen molar-refractivity contribution in [2.24, 2.45) is 5.92 Å². The second-order valence-corrected chi connectivity index (χ2v) is 5.21. The van der Waals surface area contributed by atoms with Crippen LogP contribution in [0.3, 0.4) is 0 Å². The van der Waals surface area contributed by atoms with Gasteiger partial charge >= 0.3 is 0 Å². The molecular weight excluding hydrogens is 268 g/mol. The van der Waals surface area contributed by atoms with Crippen molar-refractivity contribution in [3.8, 4) is 0 Å². The molecule has 1 saturated carbocycles. The van der Waals surface area contributed by atoms with Crippen LogP contribution in [0.5, 0.6) is 0 Å². The first-order chi connectivity index (χ1) is 10.1. The van der Waals surface area contributed by atoms with Crippen LogP contribution in [0.25, 0.3) is 0 Å². The van der Waals surface area contributed by atoms with Gasteiger partial charge in [0.15, 0.2) is 0 Å². The molecule has 1 aliphatic carbocycles. The average Bonchev–Trinajstić information content (AvgIpc) is 3.21. The number of anilines is 2. The molecule has 1 aromatic carbocycles. The third-order valence-electron chi connectivity index (χ3n) is 3.41. The van der Waals surface area contributed by atoms with Crippen LogP contribution in [0.4, 0.5) is 11.4 Å². The topological polar surface area (TPSA) is 86.9 Å². The Balaban J connectivity index is 1.69. The lowest BCUT2D eigenvalue weighted by atomic mass is 10.2. The van der Waals surface area contributed by atoms with Crippen LogP contribution in [0, 0.1) is 12.8 Å². The van der Waals surface area contributed by atoms with Gasteiger partial charge in [-0.3, -0.25) is 14.7 Å². The highest BCUT2D eigenvalue weighted by molar-refractivity contribution is 6.05. The van der Waals surface area contributed by atoms with E-state index in [-0.39, 0.29) is 17.7 Å². The maximum absolute atomic E-state index is 12.1. The number of hydrogen-bond acceptors (Lipinski definition) is 3. The summed E-state index contributed by atoms with van der Waals surface area (Å²) in [5.74, 6) is -0.0343. The minimum absolute atomic E-state index is 0.0455. The van der Waals surface area contributed by atoms with Gasteiger partial charge in [0.25, 0.3) is 5.91 Å². The molecule has 2 amide bonds. The summed E-state index contributed by atoms with van der Waals surface area (Å²) in [6, 6.07) is 7.12. The van der Waals surface area contributed by atoms with E-state index in [1.165, 1.54) is 6.20 Å². The van der Waals surface area contributed by atoms with Crippen molar-refractivity contribution in [3.05, 3.63) is 41.7 Å². The molecule has 1 heterocycles. The lowest BCUT2D eigenvalue weighted by molar-refractivity contribution is -0.117. The van der Waals surface area contributed by atoms with E-state index < -0.39 is 0 Å². The van der Waals surface area contributed by atoms with E-state index in [0.717, 1.165) is 12.8 Å². The summed E-state index contributed by atoms with van der Waals surface area (Å²) >= 11 is 0. The summed E-state index contributed by atoms with van der Waals surface area (Å²) in [7, 11) is 0. The Kier molecular flexibility index (Phi) is 3.43. The van der Waals surface area contributed by atoms with E-state index in [9.17, 15) is 9.59 Å². The Hall–Kier alpha value is -2.63. The molecule has 0 spiro atoms. The van der Waals surface area contributed by atoms with Crippen molar-refractivity contribution < 1.29 is 9.59 Å². The summed E-state index contributed by atoms with van der Waals surface area (Å²) in [6.45, 7) is 1.79. The molecule has 1 aromatic heterocycles. The van der Waals surface area contributed by atoms with E-state index in [4.69, 9.17) is 0 Å². The number of nitrogens with one attached hydrogen (secondary N) is 3. The molecule has 6 heteroatoms. The van der Waals surface area contributed by atoms with Gasteiger partial charge < -0.3 is 10.6 Å². The SMILES string of the molecule is Cc1[nH]ncc1C(=O)Nc1cccc(NC(=O)C2CC2)c1. The summed E-state index contributed by atoms with van der Waals surface area (Å²) in [5.41, 5.74) is 2.54. The fourth-order valence-corrected chi connectivity index (χ4v) is 2.04. The third-order valence-corrected chi connectivity index (χ3v) is 3.41. The highest BCUT2D eigenvalue weighted by Gasteiger charge is 2.29. The third kappa shape index (κ3) is 3.10. The largest absolute Gasteiger partial charge is 0.326 e. The number of rotatable bonds is 4. The summed E-state index contributed by atoms with van der Waals surface area (Å²) < 4.78 is 0. The number of aryl methyl sites for hydroxylation is 1. The van der Waals surface area contributed by atoms with Gasteiger partial charge in [-0.25, -0.2) is 0 Å². The molecule has 6 nitrogen and oxygen atoms in total. The molecule has 0 saturated heterocycles. The van der Waals surface area contributed by atoms with Crippen molar-refractivity contribution in [3.63, 3.8) is 0 Å². The van der Waals surface area contributed by atoms with Gasteiger partial charge in [0.1, 0.15) is 0 Å². The highest BCUT2D eigenvalue weighted by Crippen LogP contribution is 2.30. The summed E-state index contributed by atoms with van der Waals surface area (Å²) in [6.07, 6.45) is 3.41. The van der Waals surface area contributed by atoms with E-state index in [0.29, 0.717) is 22.6 Å². The maximum atomic E-state index is 12.1. The molecule has 2 aromatic rings. The van der Waals surface area contributed by atoms with Gasteiger partial charge in [-0.2, -0.15) is 5.10 Å². The summed E-state index contributed by atoms with van der Waals surface area (Å²) in [5, 5.41) is 12.2. The number of aromatic nitrogens is 2. The molecule has 0 atom stereocenters. The molecule has 1 aliphatic rings. The van der Waals surface area contributed by atoms with E-state index in [2.05, 4.69) is 20.8 Å². The fraction of sp³-hybridized carbons (Fsp3) is 0.267. The fourth-order valence-electron chi connectivity index (χ4n) is 2.04. The van der Waals surface area contributed by atoms with Crippen LogP contribution in [-0.4, -0.2) is 22.0 Å². The smallest absolute Gasteiger partial charge is 0.259 e. The number of aromatic amines is 1. The Morgan fingerprint density at radius 1 is 1.24 bits per heavy atom. The average molecular weight is 284 g/mol. The Morgan fingerprint density at radius 2 is 1.95 bits per heavy atom. The first-order valence-electron chi connectivity index (χ1n) is 6.86. The van der Waals surface area contributed by atoms with Crippen LogP contribution in [0.1, 0.15) is 28.9 Å². The minimum atomic E-state index is -0.230. The van der Waals surface area contributed by atoms with Gasteiger partial charge in [0.2, 0.25) is 5.91 Å². The number of H-pyrrole nitrogens is 1. The number of carbonyl (C=O) groups excluding carboxylic acids is 2.